The molecule has 1 aliphatic heterocycles. The van der Waals surface area contributed by atoms with Gasteiger partial charge in [-0.3, -0.25) is 0 Å². The summed E-state index contributed by atoms with van der Waals surface area (Å²) in [4.78, 5) is 11.1. The van der Waals surface area contributed by atoms with E-state index in [4.69, 9.17) is 0 Å². The fourth-order valence-electron chi connectivity index (χ4n) is 3.75. The highest BCUT2D eigenvalue weighted by molar-refractivity contribution is 5.87. The molecule has 0 bridgehead atoms. The van der Waals surface area contributed by atoms with Gasteiger partial charge in [-0.05, 0) is 53.3 Å². The number of carbonyl (C=O) groups excluding carboxylic acids is 1. The molecule has 0 aromatic heterocycles. The number of hydrogen-bond acceptors (Lipinski definition) is 3. The van der Waals surface area contributed by atoms with Gasteiger partial charge in [-0.1, -0.05) is 30.4 Å². The molecule has 3 atom stereocenters. The highest BCUT2D eigenvalue weighted by atomic mass is 19.1. The maximum atomic E-state index is 13.6. The third-order valence-electron chi connectivity index (χ3n) is 4.81. The van der Waals surface area contributed by atoms with Crippen molar-refractivity contribution in [2.24, 2.45) is 5.92 Å². The van der Waals surface area contributed by atoms with Gasteiger partial charge >= 0.3 is 0 Å². The van der Waals surface area contributed by atoms with Crippen LogP contribution in [0.15, 0.2) is 54.6 Å². The summed E-state index contributed by atoms with van der Waals surface area (Å²) >= 11 is 0. The Morgan fingerprint density at radius 3 is 2.87 bits per heavy atom. The lowest BCUT2D eigenvalue weighted by Gasteiger charge is -2.37. The summed E-state index contributed by atoms with van der Waals surface area (Å²) in [6, 6.07) is 11.7. The monoisotopic (exact) mass is 308 g/mol. The molecular weight excluding hydrogens is 293 g/mol. The predicted octanol–water partition coefficient (Wildman–Crippen LogP) is 3.02. The van der Waals surface area contributed by atoms with Gasteiger partial charge in [0.2, 0.25) is 0 Å². The topological polar surface area (TPSA) is 52.2 Å². The summed E-state index contributed by atoms with van der Waals surface area (Å²) in [6.07, 6.45) is 5.12. The molecule has 1 heterocycles. The van der Waals surface area contributed by atoms with E-state index < -0.39 is 5.97 Å². The van der Waals surface area contributed by atoms with Crippen molar-refractivity contribution in [1.29, 1.82) is 0 Å². The van der Waals surface area contributed by atoms with E-state index in [9.17, 15) is 14.3 Å². The van der Waals surface area contributed by atoms with Crippen LogP contribution in [0.1, 0.15) is 39.9 Å². The predicted molar refractivity (Wildman–Crippen MR) is 83.5 cm³/mol. The van der Waals surface area contributed by atoms with E-state index in [1.807, 2.05) is 6.07 Å². The molecule has 2 aromatic carbocycles. The quantitative estimate of drug-likeness (QED) is 0.868. The number of halogens is 1. The number of anilines is 1. The average Bonchev–Trinajstić information content (AvgIpc) is 3.03. The average molecular weight is 308 g/mol. The third-order valence-corrected chi connectivity index (χ3v) is 4.81. The molecule has 1 N–H and O–H groups in total. The van der Waals surface area contributed by atoms with Crippen LogP contribution in [-0.4, -0.2) is 5.97 Å². The molecule has 0 saturated heterocycles. The van der Waals surface area contributed by atoms with Crippen molar-refractivity contribution < 1.29 is 14.3 Å². The maximum absolute atomic E-state index is 13.6. The van der Waals surface area contributed by atoms with Crippen LogP contribution in [0, 0.1) is 11.7 Å². The zero-order valence-electron chi connectivity index (χ0n) is 12.3. The minimum atomic E-state index is -1.17. The molecule has 0 unspecified atom stereocenters. The number of carboxylic acids is 1. The van der Waals surface area contributed by atoms with Crippen LogP contribution >= 0.6 is 0 Å². The third kappa shape index (κ3) is 2.31. The molecule has 4 rings (SSSR count). The van der Waals surface area contributed by atoms with E-state index in [0.29, 0.717) is 0 Å². The first-order valence-electron chi connectivity index (χ1n) is 7.67. The number of carboxylic acid groups (broad SMARTS) is 1. The Kier molecular flexibility index (Phi) is 3.18. The molecule has 3 nitrogen and oxygen atoms in total. The highest BCUT2D eigenvalue weighted by Crippen LogP contribution is 2.49. The Hall–Kier alpha value is -2.62. The van der Waals surface area contributed by atoms with Crippen molar-refractivity contribution in [2.75, 3.05) is 5.32 Å². The fraction of sp³-hybridized carbons (Fsp3) is 0.211. The fourth-order valence-corrected chi connectivity index (χ4v) is 3.75. The van der Waals surface area contributed by atoms with Crippen LogP contribution in [0.3, 0.4) is 0 Å². The zero-order chi connectivity index (χ0) is 16.0. The molecule has 0 amide bonds. The van der Waals surface area contributed by atoms with Crippen molar-refractivity contribution in [3.63, 3.8) is 0 Å². The van der Waals surface area contributed by atoms with Crippen LogP contribution in [0.25, 0.3) is 0 Å². The molecule has 0 spiro atoms. The van der Waals surface area contributed by atoms with E-state index in [1.54, 1.807) is 30.3 Å². The first-order valence-corrected chi connectivity index (χ1v) is 7.67. The van der Waals surface area contributed by atoms with Gasteiger partial charge in [0, 0.05) is 11.6 Å². The number of nitrogens with one attached hydrogen (secondary N) is 1. The lowest BCUT2D eigenvalue weighted by atomic mass is 9.76. The van der Waals surface area contributed by atoms with Gasteiger partial charge in [-0.2, -0.15) is 0 Å². The molecule has 1 aliphatic carbocycles. The smallest absolute Gasteiger partial charge is 0.123 e. The van der Waals surface area contributed by atoms with Gasteiger partial charge in [0.1, 0.15) is 5.82 Å². The summed E-state index contributed by atoms with van der Waals surface area (Å²) < 4.78 is 13.6. The lowest BCUT2D eigenvalue weighted by Crippen LogP contribution is -2.30. The minimum absolute atomic E-state index is 0.00648. The summed E-state index contributed by atoms with van der Waals surface area (Å²) in [5.41, 5.74) is 2.97. The van der Waals surface area contributed by atoms with Crippen molar-refractivity contribution in [3.05, 3.63) is 77.1 Å². The molecule has 0 radical (unpaired) electrons. The largest absolute Gasteiger partial charge is 0.545 e. The molecular formula is C19H15FNO2-. The van der Waals surface area contributed by atoms with Gasteiger partial charge in [-0.15, -0.1) is 0 Å². The van der Waals surface area contributed by atoms with E-state index in [1.165, 1.54) is 6.07 Å². The summed E-state index contributed by atoms with van der Waals surface area (Å²) in [7, 11) is 0. The maximum Gasteiger partial charge on any atom is 0.123 e. The van der Waals surface area contributed by atoms with Gasteiger partial charge in [-0.25, -0.2) is 4.39 Å². The summed E-state index contributed by atoms with van der Waals surface area (Å²) in [6.45, 7) is 0. The Labute approximate surface area is 133 Å². The Bertz CT molecular complexity index is 815. The lowest BCUT2D eigenvalue weighted by molar-refractivity contribution is -0.255. The number of benzene rings is 2. The van der Waals surface area contributed by atoms with Gasteiger partial charge < -0.3 is 15.2 Å². The second-order valence-electron chi connectivity index (χ2n) is 6.12. The Morgan fingerprint density at radius 1 is 1.22 bits per heavy atom. The van der Waals surface area contributed by atoms with Crippen LogP contribution in [0.5, 0.6) is 0 Å². The number of fused-ring (bicyclic) bond motifs is 3. The molecule has 23 heavy (non-hydrogen) atoms. The number of aromatic carboxylic acids is 1. The molecule has 4 heteroatoms. The van der Waals surface area contributed by atoms with Crippen molar-refractivity contribution >= 4 is 11.7 Å². The molecule has 116 valence electrons. The second-order valence-corrected chi connectivity index (χ2v) is 6.12. The summed E-state index contributed by atoms with van der Waals surface area (Å²) in [5, 5.41) is 14.6. The number of allylic oxidation sites excluding steroid dienone is 2. The molecule has 2 aliphatic rings. The first-order chi connectivity index (χ1) is 11.1. The van der Waals surface area contributed by atoms with E-state index in [0.717, 1.165) is 23.2 Å². The first kappa shape index (κ1) is 14.0. The number of hydrogen-bond donors (Lipinski definition) is 1. The normalized spacial score (nSPS) is 24.7. The standard InChI is InChI=1S/C19H16FNO2/c20-13-4-1-3-11(9-13)18-15-6-2-5-14(15)16-10-12(19(22)23)7-8-17(16)21-18/h1-5,7-10,14-15,18,21H,6H2,(H,22,23)/p-1/t14-,15-,18+/m0/s1. The molecule has 0 fully saturated rings. The van der Waals surface area contributed by atoms with Gasteiger partial charge in [0.25, 0.3) is 0 Å². The molecule has 0 saturated carbocycles. The van der Waals surface area contributed by atoms with Crippen LogP contribution in [0.2, 0.25) is 0 Å². The van der Waals surface area contributed by atoms with Crippen molar-refractivity contribution in [1.82, 2.24) is 0 Å². The minimum Gasteiger partial charge on any atom is -0.545 e. The van der Waals surface area contributed by atoms with Crippen molar-refractivity contribution in [2.45, 2.75) is 18.4 Å². The Balaban J connectivity index is 1.79. The number of rotatable bonds is 2. The van der Waals surface area contributed by atoms with E-state index in [-0.39, 0.29) is 29.3 Å². The molecule has 2 aromatic rings. The Morgan fingerprint density at radius 2 is 2.09 bits per heavy atom. The van der Waals surface area contributed by atoms with Crippen LogP contribution in [0.4, 0.5) is 10.1 Å². The van der Waals surface area contributed by atoms with Crippen LogP contribution in [-0.2, 0) is 0 Å². The highest BCUT2D eigenvalue weighted by Gasteiger charge is 2.37. The summed E-state index contributed by atoms with van der Waals surface area (Å²) in [5.74, 6) is -1.02. The van der Waals surface area contributed by atoms with Crippen LogP contribution < -0.4 is 10.4 Å². The van der Waals surface area contributed by atoms with Gasteiger partial charge in [0.15, 0.2) is 0 Å². The zero-order valence-corrected chi connectivity index (χ0v) is 12.3. The SMILES string of the molecule is O=C([O-])c1ccc2c(c1)[C@H]1C=CC[C@@H]1[C@@H](c1cccc(F)c1)N2. The second kappa shape index (κ2) is 5.23. The van der Waals surface area contributed by atoms with E-state index >= 15 is 0 Å². The number of carbonyl (C=O) groups is 1. The van der Waals surface area contributed by atoms with Gasteiger partial charge in [0.05, 0.1) is 12.0 Å². The van der Waals surface area contributed by atoms with Crippen molar-refractivity contribution in [3.8, 4) is 0 Å². The van der Waals surface area contributed by atoms with E-state index in [2.05, 4.69) is 17.5 Å².